The number of aliphatic hydroxyl groups is 1. The number of halogens is 1. The zero-order valence-corrected chi connectivity index (χ0v) is 18.4. The number of aliphatic hydroxyl groups excluding tert-OH is 1. The SMILES string of the molecule is CCNC(=O)c1csc(-c2c(-c3ccc(F)cc3)n[nH]c2C2CCN(C(=O)CO)CC2)n1. The smallest absolute Gasteiger partial charge is 0.270 e. The predicted octanol–water partition coefficient (Wildman–Crippen LogP) is 2.79. The molecule has 0 aliphatic carbocycles. The highest BCUT2D eigenvalue weighted by molar-refractivity contribution is 7.13. The third kappa shape index (κ3) is 4.42. The molecule has 3 heterocycles. The number of nitrogens with zero attached hydrogens (tertiary/aromatic N) is 3. The average Bonchev–Trinajstić information content (AvgIpc) is 3.47. The molecule has 3 N–H and O–H groups in total. The Hall–Kier alpha value is -3.11. The van der Waals surface area contributed by atoms with Gasteiger partial charge >= 0.3 is 0 Å². The van der Waals surface area contributed by atoms with Crippen molar-refractivity contribution in [2.75, 3.05) is 26.2 Å². The number of rotatable bonds is 6. The summed E-state index contributed by atoms with van der Waals surface area (Å²) in [6.07, 6.45) is 1.41. The first-order chi connectivity index (χ1) is 15.5. The zero-order valence-electron chi connectivity index (χ0n) is 17.6. The van der Waals surface area contributed by atoms with E-state index in [1.807, 2.05) is 6.92 Å². The summed E-state index contributed by atoms with van der Waals surface area (Å²) in [7, 11) is 0. The second-order valence-electron chi connectivity index (χ2n) is 7.58. The minimum Gasteiger partial charge on any atom is -0.387 e. The molecule has 1 aliphatic heterocycles. The van der Waals surface area contributed by atoms with Gasteiger partial charge in [-0.15, -0.1) is 11.3 Å². The van der Waals surface area contributed by atoms with Crippen LogP contribution in [-0.4, -0.2) is 63.2 Å². The van der Waals surface area contributed by atoms with Crippen LogP contribution in [0.4, 0.5) is 4.39 Å². The molecule has 2 amide bonds. The van der Waals surface area contributed by atoms with Crippen LogP contribution in [0.1, 0.15) is 41.9 Å². The van der Waals surface area contributed by atoms with Gasteiger partial charge < -0.3 is 15.3 Å². The molecule has 0 radical (unpaired) electrons. The van der Waals surface area contributed by atoms with Crippen LogP contribution in [-0.2, 0) is 4.79 Å². The predicted molar refractivity (Wildman–Crippen MR) is 119 cm³/mol. The number of aromatic amines is 1. The van der Waals surface area contributed by atoms with E-state index in [0.717, 1.165) is 16.8 Å². The minimum atomic E-state index is -0.490. The molecule has 0 atom stereocenters. The lowest BCUT2D eigenvalue weighted by molar-refractivity contribution is -0.135. The van der Waals surface area contributed by atoms with E-state index < -0.39 is 6.61 Å². The number of nitrogens with one attached hydrogen (secondary N) is 2. The molecule has 1 saturated heterocycles. The van der Waals surface area contributed by atoms with Gasteiger partial charge in [-0.05, 0) is 44.0 Å². The summed E-state index contributed by atoms with van der Waals surface area (Å²) in [6, 6.07) is 6.10. The van der Waals surface area contributed by atoms with Gasteiger partial charge in [0.2, 0.25) is 5.91 Å². The Morgan fingerprint density at radius 2 is 2.00 bits per heavy atom. The van der Waals surface area contributed by atoms with Gasteiger partial charge in [-0.2, -0.15) is 5.10 Å². The summed E-state index contributed by atoms with van der Waals surface area (Å²) in [5, 5.41) is 21.9. The van der Waals surface area contributed by atoms with Gasteiger partial charge in [-0.25, -0.2) is 9.37 Å². The van der Waals surface area contributed by atoms with E-state index in [1.54, 1.807) is 22.4 Å². The van der Waals surface area contributed by atoms with Crippen molar-refractivity contribution in [1.82, 2.24) is 25.4 Å². The van der Waals surface area contributed by atoms with Crippen LogP contribution < -0.4 is 5.32 Å². The molecule has 1 aromatic carbocycles. The lowest BCUT2D eigenvalue weighted by Crippen LogP contribution is -2.39. The Balaban J connectivity index is 1.71. The van der Waals surface area contributed by atoms with Gasteiger partial charge in [0.15, 0.2) is 0 Å². The number of hydrogen-bond donors (Lipinski definition) is 3. The number of aromatic nitrogens is 3. The van der Waals surface area contributed by atoms with Crippen LogP contribution in [0.25, 0.3) is 21.8 Å². The molecule has 8 nitrogen and oxygen atoms in total. The van der Waals surface area contributed by atoms with Crippen LogP contribution >= 0.6 is 11.3 Å². The highest BCUT2D eigenvalue weighted by Crippen LogP contribution is 2.41. The molecule has 0 saturated carbocycles. The largest absolute Gasteiger partial charge is 0.387 e. The van der Waals surface area contributed by atoms with E-state index in [1.165, 1.54) is 23.5 Å². The van der Waals surface area contributed by atoms with Gasteiger partial charge in [0.05, 0.1) is 5.56 Å². The van der Waals surface area contributed by atoms with Crippen molar-refractivity contribution in [3.05, 3.63) is 46.9 Å². The fourth-order valence-corrected chi connectivity index (χ4v) is 4.80. The molecule has 1 fully saturated rings. The van der Waals surface area contributed by atoms with Gasteiger partial charge in [0.25, 0.3) is 5.91 Å². The Labute approximate surface area is 188 Å². The molecular weight excluding hydrogens is 433 g/mol. The molecule has 3 aromatic rings. The van der Waals surface area contributed by atoms with Gasteiger partial charge in [-0.3, -0.25) is 14.7 Å². The second kappa shape index (κ2) is 9.58. The molecule has 168 valence electrons. The lowest BCUT2D eigenvalue weighted by atomic mass is 9.90. The van der Waals surface area contributed by atoms with Crippen molar-refractivity contribution in [3.63, 3.8) is 0 Å². The number of hydrogen-bond acceptors (Lipinski definition) is 6. The summed E-state index contributed by atoms with van der Waals surface area (Å²) in [5.74, 6) is -0.739. The number of likely N-dealkylation sites (tertiary alicyclic amines) is 1. The number of thiazole rings is 1. The highest BCUT2D eigenvalue weighted by atomic mass is 32.1. The van der Waals surface area contributed by atoms with Crippen molar-refractivity contribution < 1.29 is 19.1 Å². The summed E-state index contributed by atoms with van der Waals surface area (Å²) in [5.41, 5.74) is 3.41. The van der Waals surface area contributed by atoms with Gasteiger partial charge in [0, 0.05) is 42.2 Å². The first-order valence-electron chi connectivity index (χ1n) is 10.5. The monoisotopic (exact) mass is 457 g/mol. The van der Waals surface area contributed by atoms with Crippen LogP contribution in [0, 0.1) is 5.82 Å². The van der Waals surface area contributed by atoms with Crippen molar-refractivity contribution in [3.8, 4) is 21.8 Å². The standard InChI is InChI=1S/C22H24FN5O3S/c1-2-24-21(31)16-12-32-22(25-16)18-19(13-3-5-15(23)6-4-13)26-27-20(18)14-7-9-28(10-8-14)17(30)11-29/h3-6,12,14,29H,2,7-11H2,1H3,(H,24,31)(H,26,27). The molecule has 2 aromatic heterocycles. The van der Waals surface area contributed by atoms with Crippen LogP contribution in [0.3, 0.4) is 0 Å². The Morgan fingerprint density at radius 1 is 1.28 bits per heavy atom. The van der Waals surface area contributed by atoms with Gasteiger partial charge in [-0.1, -0.05) is 0 Å². The fraction of sp³-hybridized carbons (Fsp3) is 0.364. The van der Waals surface area contributed by atoms with Crippen molar-refractivity contribution in [2.24, 2.45) is 0 Å². The maximum Gasteiger partial charge on any atom is 0.270 e. The Bertz CT molecular complexity index is 1100. The molecule has 0 spiro atoms. The highest BCUT2D eigenvalue weighted by Gasteiger charge is 2.30. The Morgan fingerprint density at radius 3 is 2.66 bits per heavy atom. The minimum absolute atomic E-state index is 0.103. The number of piperidine rings is 1. The number of H-pyrrole nitrogens is 1. The second-order valence-corrected chi connectivity index (χ2v) is 8.44. The van der Waals surface area contributed by atoms with E-state index in [4.69, 9.17) is 5.11 Å². The molecule has 32 heavy (non-hydrogen) atoms. The fourth-order valence-electron chi connectivity index (χ4n) is 3.95. The van der Waals surface area contributed by atoms with E-state index >= 15 is 0 Å². The summed E-state index contributed by atoms with van der Waals surface area (Å²) in [4.78, 5) is 30.3. The summed E-state index contributed by atoms with van der Waals surface area (Å²) in [6.45, 7) is 2.94. The van der Waals surface area contributed by atoms with Crippen LogP contribution in [0.15, 0.2) is 29.6 Å². The normalized spacial score (nSPS) is 14.5. The number of benzene rings is 1. The average molecular weight is 458 g/mol. The molecule has 4 rings (SSSR count). The number of amides is 2. The summed E-state index contributed by atoms with van der Waals surface area (Å²) < 4.78 is 13.5. The topological polar surface area (TPSA) is 111 Å². The van der Waals surface area contributed by atoms with Gasteiger partial charge in [0.1, 0.15) is 28.8 Å². The van der Waals surface area contributed by atoms with E-state index in [2.05, 4.69) is 20.5 Å². The van der Waals surface area contributed by atoms with Crippen molar-refractivity contribution in [2.45, 2.75) is 25.7 Å². The first kappa shape index (κ1) is 22.1. The summed E-state index contributed by atoms with van der Waals surface area (Å²) >= 11 is 1.36. The van der Waals surface area contributed by atoms with Crippen LogP contribution in [0.2, 0.25) is 0 Å². The van der Waals surface area contributed by atoms with Crippen molar-refractivity contribution in [1.29, 1.82) is 0 Å². The third-order valence-electron chi connectivity index (χ3n) is 5.59. The number of carbonyl (C=O) groups excluding carboxylic acids is 2. The van der Waals surface area contributed by atoms with E-state index in [9.17, 15) is 14.0 Å². The molecular formula is C22H24FN5O3S. The Kier molecular flexibility index (Phi) is 6.61. The molecule has 10 heteroatoms. The molecule has 0 unspecified atom stereocenters. The third-order valence-corrected chi connectivity index (χ3v) is 6.45. The number of carbonyl (C=O) groups is 2. The van der Waals surface area contributed by atoms with E-state index in [-0.39, 0.29) is 23.5 Å². The maximum absolute atomic E-state index is 13.5. The zero-order chi connectivity index (χ0) is 22.7. The molecule has 1 aliphatic rings. The van der Waals surface area contributed by atoms with E-state index in [0.29, 0.717) is 48.9 Å². The first-order valence-corrected chi connectivity index (χ1v) is 11.4. The quantitative estimate of drug-likeness (QED) is 0.527. The van der Waals surface area contributed by atoms with Crippen LogP contribution in [0.5, 0.6) is 0 Å². The maximum atomic E-state index is 13.5. The lowest BCUT2D eigenvalue weighted by Gasteiger charge is -2.31. The molecule has 0 bridgehead atoms. The van der Waals surface area contributed by atoms with Crippen molar-refractivity contribution >= 4 is 23.2 Å².